The summed E-state index contributed by atoms with van der Waals surface area (Å²) in [6.07, 6.45) is 1.84. The third kappa shape index (κ3) is 2.01. The van der Waals surface area contributed by atoms with Crippen LogP contribution in [0.2, 0.25) is 0 Å². The van der Waals surface area contributed by atoms with E-state index in [1.54, 1.807) is 0 Å². The van der Waals surface area contributed by atoms with E-state index in [2.05, 4.69) is 5.10 Å². The fourth-order valence-corrected chi connectivity index (χ4v) is 0.750. The molecular formula is C6H6F2N2O2. The number of alkyl halides is 2. The standard InChI is InChI=1S/C6H6F2N2O2/c7-6(8)10-3-4(2-9-10)1-5(11)12/h2-3,6H,1H2,(H,11,12). The van der Waals surface area contributed by atoms with Crippen LogP contribution in [0.15, 0.2) is 12.4 Å². The molecule has 66 valence electrons. The molecule has 0 aliphatic carbocycles. The van der Waals surface area contributed by atoms with Crippen LogP contribution in [0.4, 0.5) is 8.78 Å². The Labute approximate surface area is 66.4 Å². The molecule has 0 aromatic carbocycles. The first-order valence-electron chi connectivity index (χ1n) is 3.12. The molecule has 0 radical (unpaired) electrons. The molecule has 0 atom stereocenters. The molecular weight excluding hydrogens is 170 g/mol. The Morgan fingerprint density at radius 3 is 2.83 bits per heavy atom. The molecule has 0 saturated heterocycles. The smallest absolute Gasteiger partial charge is 0.333 e. The Balaban J connectivity index is 2.70. The minimum Gasteiger partial charge on any atom is -0.481 e. The number of carbonyl (C=O) groups is 1. The topological polar surface area (TPSA) is 55.1 Å². The molecule has 1 N–H and O–H groups in total. The molecule has 0 aliphatic heterocycles. The first-order chi connectivity index (χ1) is 5.59. The summed E-state index contributed by atoms with van der Waals surface area (Å²) in [7, 11) is 0. The molecule has 0 saturated carbocycles. The zero-order chi connectivity index (χ0) is 9.14. The van der Waals surface area contributed by atoms with Gasteiger partial charge in [-0.2, -0.15) is 13.9 Å². The Morgan fingerprint density at radius 2 is 2.42 bits per heavy atom. The van der Waals surface area contributed by atoms with E-state index in [9.17, 15) is 13.6 Å². The number of hydrogen-bond donors (Lipinski definition) is 1. The number of carboxylic acids is 1. The molecule has 12 heavy (non-hydrogen) atoms. The maximum Gasteiger partial charge on any atom is 0.333 e. The van der Waals surface area contributed by atoms with Crippen molar-refractivity contribution in [1.82, 2.24) is 9.78 Å². The van der Waals surface area contributed by atoms with Gasteiger partial charge in [0.1, 0.15) is 0 Å². The van der Waals surface area contributed by atoms with Gasteiger partial charge in [-0.15, -0.1) is 0 Å². The SMILES string of the molecule is O=C(O)Cc1cnn(C(F)F)c1. The van der Waals surface area contributed by atoms with Crippen LogP contribution < -0.4 is 0 Å². The lowest BCUT2D eigenvalue weighted by molar-refractivity contribution is -0.136. The number of carboxylic acid groups (broad SMARTS) is 1. The average Bonchev–Trinajstić information content (AvgIpc) is 2.34. The minimum atomic E-state index is -2.72. The summed E-state index contributed by atoms with van der Waals surface area (Å²) in [5.74, 6) is -1.07. The first kappa shape index (κ1) is 8.63. The second kappa shape index (κ2) is 3.29. The Bertz CT molecular complexity index is 285. The van der Waals surface area contributed by atoms with E-state index in [0.29, 0.717) is 4.68 Å². The molecule has 1 heterocycles. The van der Waals surface area contributed by atoms with Gasteiger partial charge in [0.25, 0.3) is 0 Å². The van der Waals surface area contributed by atoms with Crippen LogP contribution in [-0.4, -0.2) is 20.9 Å². The van der Waals surface area contributed by atoms with Crippen LogP contribution in [-0.2, 0) is 11.2 Å². The van der Waals surface area contributed by atoms with Crippen LogP contribution in [0.1, 0.15) is 12.1 Å². The number of hydrogen-bond acceptors (Lipinski definition) is 2. The highest BCUT2D eigenvalue weighted by molar-refractivity contribution is 5.69. The fourth-order valence-electron chi connectivity index (χ4n) is 0.750. The van der Waals surface area contributed by atoms with E-state index in [1.165, 1.54) is 0 Å². The fraction of sp³-hybridized carbons (Fsp3) is 0.333. The summed E-state index contributed by atoms with van der Waals surface area (Å²) in [6.45, 7) is -2.72. The zero-order valence-electron chi connectivity index (χ0n) is 5.94. The zero-order valence-corrected chi connectivity index (χ0v) is 5.94. The van der Waals surface area contributed by atoms with Crippen molar-refractivity contribution >= 4 is 5.97 Å². The van der Waals surface area contributed by atoms with Crippen molar-refractivity contribution in [1.29, 1.82) is 0 Å². The normalized spacial score (nSPS) is 10.6. The van der Waals surface area contributed by atoms with E-state index in [-0.39, 0.29) is 12.0 Å². The number of halogens is 2. The lowest BCUT2D eigenvalue weighted by Gasteiger charge is -1.94. The maximum absolute atomic E-state index is 11.9. The van der Waals surface area contributed by atoms with Crippen LogP contribution in [0, 0.1) is 0 Å². The highest BCUT2D eigenvalue weighted by Gasteiger charge is 2.08. The highest BCUT2D eigenvalue weighted by atomic mass is 19.3. The molecule has 4 nitrogen and oxygen atoms in total. The van der Waals surface area contributed by atoms with Crippen LogP contribution in [0.25, 0.3) is 0 Å². The van der Waals surface area contributed by atoms with Crippen molar-refractivity contribution in [3.8, 4) is 0 Å². The summed E-state index contributed by atoms with van der Waals surface area (Å²) in [6, 6.07) is 0. The largest absolute Gasteiger partial charge is 0.481 e. The van der Waals surface area contributed by atoms with Crippen molar-refractivity contribution < 1.29 is 18.7 Å². The molecule has 1 aromatic heterocycles. The number of aromatic nitrogens is 2. The third-order valence-corrected chi connectivity index (χ3v) is 1.21. The molecule has 0 unspecified atom stereocenters. The van der Waals surface area contributed by atoms with Crippen molar-refractivity contribution in [3.63, 3.8) is 0 Å². The van der Waals surface area contributed by atoms with Crippen LogP contribution in [0.3, 0.4) is 0 Å². The van der Waals surface area contributed by atoms with Crippen molar-refractivity contribution in [3.05, 3.63) is 18.0 Å². The summed E-state index contributed by atoms with van der Waals surface area (Å²) in [5, 5.41) is 11.6. The van der Waals surface area contributed by atoms with Gasteiger partial charge in [0.2, 0.25) is 0 Å². The van der Waals surface area contributed by atoms with Gasteiger partial charge in [-0.25, -0.2) is 4.68 Å². The lowest BCUT2D eigenvalue weighted by Crippen LogP contribution is -1.99. The highest BCUT2D eigenvalue weighted by Crippen LogP contribution is 2.09. The van der Waals surface area contributed by atoms with E-state index >= 15 is 0 Å². The predicted molar refractivity (Wildman–Crippen MR) is 34.8 cm³/mol. The second-order valence-electron chi connectivity index (χ2n) is 2.18. The second-order valence-corrected chi connectivity index (χ2v) is 2.18. The van der Waals surface area contributed by atoms with Crippen molar-refractivity contribution in [2.24, 2.45) is 0 Å². The molecule has 0 fully saturated rings. The van der Waals surface area contributed by atoms with Crippen molar-refractivity contribution in [2.45, 2.75) is 13.0 Å². The van der Waals surface area contributed by atoms with Gasteiger partial charge < -0.3 is 5.11 Å². The summed E-state index contributed by atoms with van der Waals surface area (Å²) in [4.78, 5) is 10.1. The first-order valence-corrected chi connectivity index (χ1v) is 3.12. The Hall–Kier alpha value is -1.46. The van der Waals surface area contributed by atoms with Crippen LogP contribution in [0.5, 0.6) is 0 Å². The van der Waals surface area contributed by atoms with Crippen molar-refractivity contribution in [2.75, 3.05) is 0 Å². The molecule has 1 aromatic rings. The Kier molecular flexibility index (Phi) is 2.37. The number of aliphatic carboxylic acids is 1. The van der Waals surface area contributed by atoms with E-state index < -0.39 is 12.5 Å². The van der Waals surface area contributed by atoms with E-state index in [0.717, 1.165) is 12.4 Å². The monoisotopic (exact) mass is 176 g/mol. The van der Waals surface area contributed by atoms with Gasteiger partial charge in [0.05, 0.1) is 12.6 Å². The third-order valence-electron chi connectivity index (χ3n) is 1.21. The minimum absolute atomic E-state index is 0.266. The Morgan fingerprint density at radius 1 is 1.75 bits per heavy atom. The average molecular weight is 176 g/mol. The maximum atomic E-state index is 11.9. The molecule has 0 aliphatic rings. The van der Waals surface area contributed by atoms with Gasteiger partial charge in [-0.05, 0) is 0 Å². The molecule has 6 heteroatoms. The quantitative estimate of drug-likeness (QED) is 0.744. The van der Waals surface area contributed by atoms with Gasteiger partial charge in [0, 0.05) is 11.8 Å². The summed E-state index contributed by atoms with van der Waals surface area (Å²) < 4.78 is 24.2. The lowest BCUT2D eigenvalue weighted by atomic mass is 10.3. The van der Waals surface area contributed by atoms with E-state index in [1.807, 2.05) is 0 Å². The van der Waals surface area contributed by atoms with Gasteiger partial charge in [0.15, 0.2) is 0 Å². The van der Waals surface area contributed by atoms with Gasteiger partial charge in [-0.1, -0.05) is 0 Å². The summed E-state index contributed by atoms with van der Waals surface area (Å²) >= 11 is 0. The van der Waals surface area contributed by atoms with Crippen LogP contribution >= 0.6 is 0 Å². The predicted octanol–water partition coefficient (Wildman–Crippen LogP) is 0.905. The van der Waals surface area contributed by atoms with Gasteiger partial charge in [-0.3, -0.25) is 4.79 Å². The number of rotatable bonds is 3. The number of nitrogens with zero attached hydrogens (tertiary/aromatic N) is 2. The molecule has 0 bridgehead atoms. The molecule has 1 rings (SSSR count). The van der Waals surface area contributed by atoms with Gasteiger partial charge >= 0.3 is 12.5 Å². The molecule has 0 spiro atoms. The summed E-state index contributed by atoms with van der Waals surface area (Å²) in [5.41, 5.74) is 0.266. The van der Waals surface area contributed by atoms with E-state index in [4.69, 9.17) is 5.11 Å². The molecule has 0 amide bonds.